The maximum Gasteiger partial charge on any atom is 0.321 e. The fourth-order valence-electron chi connectivity index (χ4n) is 5.29. The van der Waals surface area contributed by atoms with Gasteiger partial charge in [0, 0.05) is 36.0 Å². The van der Waals surface area contributed by atoms with Crippen LogP contribution in [0.4, 0.5) is 15.8 Å². The fourth-order valence-corrected chi connectivity index (χ4v) is 5.29. The van der Waals surface area contributed by atoms with Gasteiger partial charge in [0.1, 0.15) is 11.9 Å². The van der Waals surface area contributed by atoms with Crippen LogP contribution >= 0.6 is 0 Å². The summed E-state index contributed by atoms with van der Waals surface area (Å²) in [5.74, 6) is -2.49. The number of aromatic amines is 1. The van der Waals surface area contributed by atoms with Crippen molar-refractivity contribution < 1.29 is 38.7 Å². The van der Waals surface area contributed by atoms with Crippen LogP contribution in [0.2, 0.25) is 0 Å². The number of hydrazine groups is 4. The number of halogens is 1. The van der Waals surface area contributed by atoms with E-state index >= 15 is 0 Å². The molecular formula is C33H45FN12O10+2. The lowest BCUT2D eigenvalue weighted by molar-refractivity contribution is -0.782. The highest BCUT2D eigenvalue weighted by Crippen LogP contribution is 2.38. The number of benzene rings is 2. The van der Waals surface area contributed by atoms with Gasteiger partial charge in [-0.15, -0.1) is 10.0 Å². The van der Waals surface area contributed by atoms with E-state index in [0.717, 1.165) is 22.5 Å². The quantitative estimate of drug-likeness (QED) is 0.106. The van der Waals surface area contributed by atoms with Crippen molar-refractivity contribution in [2.75, 3.05) is 54.4 Å². The molecule has 1 unspecified atom stereocenters. The minimum atomic E-state index is -0.989. The molecule has 0 bridgehead atoms. The SMILES string of the molecule is CC.CC1C=c2c(=O)[nH]nc(Cc3ccc(F)c(C(=O)N4CCN([N+](=O)NOc5cc(ON[N+](=O)N(C)C)c([N+](=O)[O-])cc5[N+](=O)[O-])CC4)c3)c2=CC1.CNC. The van der Waals surface area contributed by atoms with E-state index in [1.165, 1.54) is 37.2 Å². The van der Waals surface area contributed by atoms with E-state index in [-0.39, 0.29) is 59.6 Å². The minimum absolute atomic E-state index is 0.0141. The van der Waals surface area contributed by atoms with Crippen LogP contribution in [0.1, 0.15) is 48.8 Å². The minimum Gasteiger partial charge on any atom is -0.335 e. The number of aromatic nitrogens is 2. The highest BCUT2D eigenvalue weighted by Gasteiger charge is 2.34. The molecule has 0 saturated carbocycles. The molecule has 1 fully saturated rings. The number of nitrogens with zero attached hydrogens (tertiary/aromatic N) is 8. The Labute approximate surface area is 318 Å². The fraction of sp³-hybridized carbons (Fsp3) is 0.424. The summed E-state index contributed by atoms with van der Waals surface area (Å²) in [6.07, 6.45) is 4.78. The Morgan fingerprint density at radius 3 is 2.12 bits per heavy atom. The molecule has 1 amide bonds. The smallest absolute Gasteiger partial charge is 0.321 e. The summed E-state index contributed by atoms with van der Waals surface area (Å²) < 4.78 is 14.9. The number of H-pyrrole nitrogens is 1. The lowest BCUT2D eigenvalue weighted by Gasteiger charge is -2.29. The van der Waals surface area contributed by atoms with Crippen LogP contribution in [0.5, 0.6) is 11.5 Å². The standard InChI is InChI=1S/C29H31FN11O10.C2H7N.C2H6/c1-17-4-6-19-20(12-17)28(42)32-31-23(19)14-18-5-7-22(30)21(13-18)29(43)36-8-10-37(11-9-36)41(49)34-51-27-16-26(50-33-40(48)35(2)3)24(38(44)45)15-25(27)39(46)47;1-3-2;1-2/h5-7,12-13,15-17H,4,8-11,14H2,1-3H3,(H2-,32,33,34,42,48,49);3H,1-2H3;1-2H3/q+1;;/p+1. The first kappa shape index (κ1) is 43.6. The van der Waals surface area contributed by atoms with E-state index in [0.29, 0.717) is 27.8 Å². The molecule has 22 nitrogen and oxygen atoms in total. The van der Waals surface area contributed by atoms with Crippen LogP contribution in [0.25, 0.3) is 12.2 Å². The van der Waals surface area contributed by atoms with Crippen molar-refractivity contribution in [1.29, 1.82) is 0 Å². The number of hydrogen-bond donors (Lipinski definition) is 4. The van der Waals surface area contributed by atoms with Crippen molar-refractivity contribution >= 4 is 29.4 Å². The molecule has 56 heavy (non-hydrogen) atoms. The lowest BCUT2D eigenvalue weighted by Crippen LogP contribution is -2.54. The van der Waals surface area contributed by atoms with Gasteiger partial charge in [-0.3, -0.25) is 29.8 Å². The summed E-state index contributed by atoms with van der Waals surface area (Å²) in [6, 6.07) is 5.38. The van der Waals surface area contributed by atoms with Gasteiger partial charge >= 0.3 is 11.4 Å². The Morgan fingerprint density at radius 1 is 0.964 bits per heavy atom. The molecule has 1 aliphatic heterocycles. The Bertz CT molecular complexity index is 2120. The second-order valence-electron chi connectivity index (χ2n) is 12.2. The highest BCUT2D eigenvalue weighted by molar-refractivity contribution is 5.94. The predicted octanol–water partition coefficient (Wildman–Crippen LogP) is 0.783. The third-order valence-corrected chi connectivity index (χ3v) is 7.98. The van der Waals surface area contributed by atoms with Crippen molar-refractivity contribution in [3.63, 3.8) is 0 Å². The van der Waals surface area contributed by atoms with Crippen molar-refractivity contribution in [3.05, 3.63) is 104 Å². The number of carbonyl (C=O) groups is 1. The van der Waals surface area contributed by atoms with Gasteiger partial charge in [0.2, 0.25) is 11.5 Å². The maximum atomic E-state index is 14.9. The molecular weight excluding hydrogens is 743 g/mol. The molecule has 0 spiro atoms. The van der Waals surface area contributed by atoms with Gasteiger partial charge in [0.15, 0.2) is 0 Å². The number of nitrogens with one attached hydrogen (secondary N) is 4. The second kappa shape index (κ2) is 20.1. The molecule has 3 aromatic rings. The van der Waals surface area contributed by atoms with E-state index in [4.69, 9.17) is 9.68 Å². The number of rotatable bonds is 13. The van der Waals surface area contributed by atoms with Crippen LogP contribution in [0.15, 0.2) is 35.1 Å². The van der Waals surface area contributed by atoms with E-state index < -0.39 is 44.4 Å². The van der Waals surface area contributed by atoms with E-state index in [9.17, 15) is 44.0 Å². The van der Waals surface area contributed by atoms with E-state index in [2.05, 4.69) is 15.5 Å². The summed E-state index contributed by atoms with van der Waals surface area (Å²) in [5, 5.41) is 35.9. The first-order valence-corrected chi connectivity index (χ1v) is 17.3. The average Bonchev–Trinajstić information content (AvgIpc) is 3.18. The van der Waals surface area contributed by atoms with Crippen molar-refractivity contribution in [1.82, 2.24) is 41.6 Å². The lowest BCUT2D eigenvalue weighted by atomic mass is 9.97. The number of amides is 1. The number of nitro benzene ring substituents is 2. The van der Waals surface area contributed by atoms with Gasteiger partial charge < -0.3 is 19.9 Å². The summed E-state index contributed by atoms with van der Waals surface area (Å²) >= 11 is 0. The molecule has 5 rings (SSSR count). The zero-order valence-electron chi connectivity index (χ0n) is 31.9. The molecule has 4 N–H and O–H groups in total. The largest absolute Gasteiger partial charge is 0.335 e. The summed E-state index contributed by atoms with van der Waals surface area (Å²) in [5.41, 5.74) is 2.68. The number of nitro groups is 2. The van der Waals surface area contributed by atoms with Gasteiger partial charge in [-0.1, -0.05) is 39.0 Å². The summed E-state index contributed by atoms with van der Waals surface area (Å²) in [7, 11) is 6.42. The molecule has 1 aliphatic carbocycles. The van der Waals surface area contributed by atoms with Crippen LogP contribution in [0.3, 0.4) is 0 Å². The molecule has 1 atom stereocenters. The van der Waals surface area contributed by atoms with Gasteiger partial charge in [-0.05, 0) is 44.1 Å². The Morgan fingerprint density at radius 2 is 1.55 bits per heavy atom. The molecule has 0 radical (unpaired) electrons. The van der Waals surface area contributed by atoms with Gasteiger partial charge in [-0.25, -0.2) is 9.49 Å². The molecule has 2 aromatic carbocycles. The van der Waals surface area contributed by atoms with Crippen LogP contribution in [-0.4, -0.2) is 105 Å². The van der Waals surface area contributed by atoms with Crippen LogP contribution in [-0.2, 0) is 6.42 Å². The molecule has 1 aromatic heterocycles. The maximum absolute atomic E-state index is 14.9. The third kappa shape index (κ3) is 10.9. The first-order valence-electron chi connectivity index (χ1n) is 17.3. The molecule has 2 aliphatic rings. The van der Waals surface area contributed by atoms with Crippen LogP contribution in [0, 0.1) is 41.8 Å². The summed E-state index contributed by atoms with van der Waals surface area (Å²) in [6.45, 7) is 5.85. The Balaban J connectivity index is 0.00000160. The highest BCUT2D eigenvalue weighted by atomic mass is 19.1. The normalized spacial score (nSPS) is 14.1. The zero-order chi connectivity index (χ0) is 41.7. The third-order valence-electron chi connectivity index (χ3n) is 7.98. The van der Waals surface area contributed by atoms with Crippen molar-refractivity contribution in [3.8, 4) is 11.5 Å². The molecule has 302 valence electrons. The molecule has 2 heterocycles. The number of piperazine rings is 1. The van der Waals surface area contributed by atoms with Crippen molar-refractivity contribution in [2.45, 2.75) is 33.6 Å². The Hall–Kier alpha value is -6.78. The molecule has 1 saturated heterocycles. The van der Waals surface area contributed by atoms with Gasteiger partial charge in [-0.2, -0.15) is 5.10 Å². The summed E-state index contributed by atoms with van der Waals surface area (Å²) in [4.78, 5) is 82.9. The average molecular weight is 789 g/mol. The van der Waals surface area contributed by atoms with Gasteiger partial charge in [0.25, 0.3) is 21.4 Å². The zero-order valence-corrected chi connectivity index (χ0v) is 31.9. The first-order chi connectivity index (χ1) is 26.6. The number of carbonyl (C=O) groups excluding carboxylic acids is 1. The number of nitroso groups, excluding NO2 is 2. The number of fused-ring (bicyclic) bond motifs is 1. The van der Waals surface area contributed by atoms with Crippen molar-refractivity contribution in [2.24, 2.45) is 5.92 Å². The van der Waals surface area contributed by atoms with Crippen LogP contribution < -0.4 is 42.2 Å². The monoisotopic (exact) mass is 788 g/mol. The molecule has 23 heteroatoms. The second-order valence-corrected chi connectivity index (χ2v) is 12.2. The van der Waals surface area contributed by atoms with E-state index in [1.54, 1.807) is 0 Å². The van der Waals surface area contributed by atoms with E-state index in [1.807, 2.05) is 58.2 Å². The topological polar surface area (TPSA) is 254 Å². The van der Waals surface area contributed by atoms with Gasteiger partial charge in [0.05, 0.1) is 69.3 Å². The predicted molar refractivity (Wildman–Crippen MR) is 198 cm³/mol. The Kier molecular flexibility index (Phi) is 15.6. The number of hydrogen-bond acceptors (Lipinski definition) is 12.